The molecule has 156 valence electrons. The number of hydrogen-bond acceptors (Lipinski definition) is 6. The Morgan fingerprint density at radius 2 is 1.55 bits per heavy atom. The molecule has 0 radical (unpaired) electrons. The molecule has 0 amide bonds. The van der Waals surface area contributed by atoms with Crippen LogP contribution < -0.4 is 24.8 Å². The maximum absolute atomic E-state index is 13.4. The van der Waals surface area contributed by atoms with Crippen molar-refractivity contribution < 1.29 is 19.0 Å². The highest BCUT2D eigenvalue weighted by atomic mass is 16.5. The van der Waals surface area contributed by atoms with E-state index in [0.29, 0.717) is 34.1 Å². The van der Waals surface area contributed by atoms with Gasteiger partial charge in [0.2, 0.25) is 0 Å². The number of hydrogen-bond donors (Lipinski definition) is 1. The molecule has 0 fully saturated rings. The number of ether oxygens (including phenoxy) is 3. The summed E-state index contributed by atoms with van der Waals surface area (Å²) in [5.74, 6) is 1.27. The Labute approximate surface area is 172 Å². The summed E-state index contributed by atoms with van der Waals surface area (Å²) in [5.41, 5.74) is 9.69. The Morgan fingerprint density at radius 3 is 2.03 bits per heavy atom. The van der Waals surface area contributed by atoms with E-state index in [1.54, 1.807) is 19.2 Å². The van der Waals surface area contributed by atoms with Crippen molar-refractivity contribution in [2.24, 2.45) is 5.92 Å². The van der Waals surface area contributed by atoms with E-state index in [1.165, 1.54) is 14.2 Å². The van der Waals surface area contributed by atoms with Crippen LogP contribution in [0.1, 0.15) is 29.8 Å². The molecular formula is C23H30N2O4. The van der Waals surface area contributed by atoms with Gasteiger partial charge in [0.05, 0.1) is 38.3 Å². The molecule has 2 rings (SSSR count). The Balaban J connectivity index is 2.55. The number of nitrogens with zero attached hydrogens (tertiary/aromatic N) is 1. The number of anilines is 2. The Morgan fingerprint density at radius 1 is 0.966 bits per heavy atom. The number of benzene rings is 2. The molecule has 0 heterocycles. The molecule has 0 unspecified atom stereocenters. The summed E-state index contributed by atoms with van der Waals surface area (Å²) in [5, 5.41) is 0. The highest BCUT2D eigenvalue weighted by molar-refractivity contribution is 6.13. The Bertz CT molecular complexity index is 917. The monoisotopic (exact) mass is 398 g/mol. The third-order valence-corrected chi connectivity index (χ3v) is 4.69. The third-order valence-electron chi connectivity index (χ3n) is 4.69. The second-order valence-corrected chi connectivity index (χ2v) is 7.20. The number of methoxy groups -OCH3 is 3. The van der Waals surface area contributed by atoms with Gasteiger partial charge in [-0.05, 0) is 35.8 Å². The maximum atomic E-state index is 13.4. The lowest BCUT2D eigenvalue weighted by atomic mass is 9.91. The van der Waals surface area contributed by atoms with Crippen molar-refractivity contribution in [3.05, 3.63) is 47.0 Å². The first-order valence-electron chi connectivity index (χ1n) is 9.36. The smallest absolute Gasteiger partial charge is 0.193 e. The maximum Gasteiger partial charge on any atom is 0.193 e. The lowest BCUT2D eigenvalue weighted by Crippen LogP contribution is -2.12. The average molecular weight is 399 g/mol. The number of rotatable bonds is 8. The van der Waals surface area contributed by atoms with Crippen LogP contribution in [0.5, 0.6) is 17.2 Å². The Hall–Kier alpha value is -3.15. The van der Waals surface area contributed by atoms with Crippen LogP contribution in [0.3, 0.4) is 0 Å². The summed E-state index contributed by atoms with van der Waals surface area (Å²) in [7, 11) is 8.48. The number of carbonyl (C=O) groups is 1. The predicted octanol–water partition coefficient (Wildman–Crippen LogP) is 4.28. The molecule has 6 nitrogen and oxygen atoms in total. The number of carbonyl (C=O) groups excluding carboxylic acids is 1. The minimum Gasteiger partial charge on any atom is -0.496 e. The summed E-state index contributed by atoms with van der Waals surface area (Å²) >= 11 is 0. The van der Waals surface area contributed by atoms with Gasteiger partial charge in [-0.3, -0.25) is 4.79 Å². The minimum absolute atomic E-state index is 0.00458. The second-order valence-electron chi connectivity index (χ2n) is 7.20. The van der Waals surface area contributed by atoms with Crippen molar-refractivity contribution in [2.75, 3.05) is 46.1 Å². The van der Waals surface area contributed by atoms with E-state index in [1.807, 2.05) is 57.1 Å². The van der Waals surface area contributed by atoms with Crippen molar-refractivity contribution in [1.82, 2.24) is 0 Å². The summed E-state index contributed by atoms with van der Waals surface area (Å²) in [6.07, 6.45) is 1.87. The van der Waals surface area contributed by atoms with Crippen LogP contribution in [0.15, 0.2) is 35.9 Å². The summed E-state index contributed by atoms with van der Waals surface area (Å²) in [6, 6.07) is 9.08. The van der Waals surface area contributed by atoms with E-state index >= 15 is 0 Å². The van der Waals surface area contributed by atoms with E-state index < -0.39 is 0 Å². The molecule has 6 heteroatoms. The minimum atomic E-state index is -0.131. The molecule has 0 atom stereocenters. The molecule has 0 saturated heterocycles. The van der Waals surface area contributed by atoms with Crippen molar-refractivity contribution in [2.45, 2.75) is 13.8 Å². The van der Waals surface area contributed by atoms with E-state index in [-0.39, 0.29) is 11.7 Å². The van der Waals surface area contributed by atoms with Crippen LogP contribution in [0.25, 0.3) is 6.08 Å². The second kappa shape index (κ2) is 9.37. The van der Waals surface area contributed by atoms with E-state index in [0.717, 1.165) is 11.3 Å². The van der Waals surface area contributed by atoms with Crippen molar-refractivity contribution >= 4 is 23.2 Å². The Kier molecular flexibility index (Phi) is 7.15. The van der Waals surface area contributed by atoms with Gasteiger partial charge in [0.1, 0.15) is 5.75 Å². The average Bonchev–Trinajstić information content (AvgIpc) is 2.69. The van der Waals surface area contributed by atoms with E-state index in [9.17, 15) is 4.79 Å². The van der Waals surface area contributed by atoms with Gasteiger partial charge in [-0.15, -0.1) is 0 Å². The number of ketones is 1. The highest BCUT2D eigenvalue weighted by Gasteiger charge is 2.22. The molecule has 0 aliphatic carbocycles. The highest BCUT2D eigenvalue weighted by Crippen LogP contribution is 2.36. The molecule has 0 bridgehead atoms. The summed E-state index contributed by atoms with van der Waals surface area (Å²) < 4.78 is 16.1. The fraction of sp³-hybridized carbons (Fsp3) is 0.348. The summed E-state index contributed by atoms with van der Waals surface area (Å²) in [6.45, 7) is 3.96. The van der Waals surface area contributed by atoms with Gasteiger partial charge in [-0.25, -0.2) is 0 Å². The fourth-order valence-electron chi connectivity index (χ4n) is 3.11. The van der Waals surface area contributed by atoms with E-state index in [4.69, 9.17) is 19.9 Å². The third kappa shape index (κ3) is 4.83. The first-order chi connectivity index (χ1) is 13.7. The van der Waals surface area contributed by atoms with Crippen molar-refractivity contribution in [3.63, 3.8) is 0 Å². The molecule has 0 aliphatic rings. The molecule has 0 spiro atoms. The van der Waals surface area contributed by atoms with Crippen molar-refractivity contribution in [3.8, 4) is 17.2 Å². The van der Waals surface area contributed by atoms with Gasteiger partial charge in [0.25, 0.3) is 0 Å². The first kappa shape index (κ1) is 22.1. The van der Waals surface area contributed by atoms with Crippen LogP contribution in [0.2, 0.25) is 0 Å². The first-order valence-corrected chi connectivity index (χ1v) is 9.36. The zero-order valence-electron chi connectivity index (χ0n) is 18.2. The fourth-order valence-corrected chi connectivity index (χ4v) is 3.11. The zero-order chi connectivity index (χ0) is 21.7. The molecule has 0 saturated carbocycles. The molecule has 2 aromatic rings. The largest absolute Gasteiger partial charge is 0.496 e. The van der Waals surface area contributed by atoms with Gasteiger partial charge < -0.3 is 24.8 Å². The number of allylic oxidation sites excluding steroid dienone is 1. The van der Waals surface area contributed by atoms with Crippen LogP contribution in [-0.4, -0.2) is 41.2 Å². The number of Topliss-reactive ketones (excluding diaryl/α,β-unsaturated/α-hetero) is 1. The van der Waals surface area contributed by atoms with Gasteiger partial charge in [0, 0.05) is 25.7 Å². The van der Waals surface area contributed by atoms with E-state index in [2.05, 4.69) is 0 Å². The molecule has 0 aliphatic heterocycles. The zero-order valence-corrected chi connectivity index (χ0v) is 18.2. The van der Waals surface area contributed by atoms with Crippen LogP contribution >= 0.6 is 0 Å². The molecule has 2 N–H and O–H groups in total. The standard InChI is InChI=1S/C23H30N2O4/c1-14(2)16(10-15-8-9-19(25(3)4)18(24)11-15)23(26)17-12-21(28-6)22(29-7)13-20(17)27-5/h8-14H,24H2,1-7H3. The lowest BCUT2D eigenvalue weighted by Gasteiger charge is -2.17. The van der Waals surface area contributed by atoms with Gasteiger partial charge in [-0.1, -0.05) is 19.9 Å². The van der Waals surface area contributed by atoms with Crippen molar-refractivity contribution in [1.29, 1.82) is 0 Å². The molecule has 2 aromatic carbocycles. The van der Waals surface area contributed by atoms with Crippen LogP contribution in [0.4, 0.5) is 11.4 Å². The topological polar surface area (TPSA) is 74.0 Å². The molecular weight excluding hydrogens is 368 g/mol. The van der Waals surface area contributed by atoms with Crippen LogP contribution in [0, 0.1) is 5.92 Å². The summed E-state index contributed by atoms with van der Waals surface area (Å²) in [4.78, 5) is 15.4. The normalized spacial score (nSPS) is 11.4. The lowest BCUT2D eigenvalue weighted by molar-refractivity contribution is 0.102. The predicted molar refractivity (Wildman–Crippen MR) is 118 cm³/mol. The number of nitrogens with two attached hydrogens (primary N) is 1. The van der Waals surface area contributed by atoms with Gasteiger partial charge >= 0.3 is 0 Å². The quantitative estimate of drug-likeness (QED) is 0.406. The molecule has 29 heavy (non-hydrogen) atoms. The van der Waals surface area contributed by atoms with Gasteiger partial charge in [-0.2, -0.15) is 0 Å². The van der Waals surface area contributed by atoms with Gasteiger partial charge in [0.15, 0.2) is 17.3 Å². The number of nitrogen functional groups attached to an aromatic ring is 1. The molecule has 0 aromatic heterocycles. The SMILES string of the molecule is COc1cc(OC)c(C(=O)C(=Cc2ccc(N(C)C)c(N)c2)C(C)C)cc1OC. The van der Waals surface area contributed by atoms with Crippen LogP contribution in [-0.2, 0) is 0 Å².